The van der Waals surface area contributed by atoms with Crippen LogP contribution >= 0.6 is 0 Å². The van der Waals surface area contributed by atoms with Crippen LogP contribution in [0.25, 0.3) is 22.4 Å². The number of phenols is 2. The smallest absolute Gasteiger partial charge is 0.141 e. The summed E-state index contributed by atoms with van der Waals surface area (Å²) < 4.78 is 2.11. The van der Waals surface area contributed by atoms with E-state index in [4.69, 9.17) is 0 Å². The van der Waals surface area contributed by atoms with Gasteiger partial charge in [0.2, 0.25) is 0 Å². The van der Waals surface area contributed by atoms with Crippen LogP contribution in [0.4, 0.5) is 0 Å². The highest BCUT2D eigenvalue weighted by molar-refractivity contribution is 5.82. The lowest BCUT2D eigenvalue weighted by atomic mass is 10.1. The van der Waals surface area contributed by atoms with Crippen molar-refractivity contribution in [3.05, 3.63) is 42.0 Å². The number of aromatic hydroxyl groups is 2. The van der Waals surface area contributed by atoms with E-state index >= 15 is 0 Å². The van der Waals surface area contributed by atoms with Gasteiger partial charge in [0, 0.05) is 17.7 Å². The molecule has 0 saturated heterocycles. The third-order valence-electron chi connectivity index (χ3n) is 3.52. The molecular weight excluding hydrogens is 264 g/mol. The van der Waals surface area contributed by atoms with Gasteiger partial charge in [-0.1, -0.05) is 6.07 Å². The zero-order chi connectivity index (χ0) is 15.1. The normalized spacial score (nSPS) is 11.4. The zero-order valence-corrected chi connectivity index (χ0v) is 12.3. The number of hydrogen-bond donors (Lipinski definition) is 2. The van der Waals surface area contributed by atoms with Crippen LogP contribution in [0.5, 0.6) is 11.5 Å². The van der Waals surface area contributed by atoms with Gasteiger partial charge in [-0.05, 0) is 50.6 Å². The molecule has 4 nitrogen and oxygen atoms in total. The molecule has 1 heterocycles. The second kappa shape index (κ2) is 4.81. The third kappa shape index (κ3) is 2.33. The standard InChI is InChI=1S/C17H18N2O2/c1-10(2)19-16-5-4-11(3)6-15(16)18-17(19)12-7-13(20)9-14(21)8-12/h4-10,20-21H,1-3H3. The Balaban J connectivity index is 2.33. The van der Waals surface area contributed by atoms with Gasteiger partial charge >= 0.3 is 0 Å². The van der Waals surface area contributed by atoms with Crippen LogP contribution in [0.3, 0.4) is 0 Å². The van der Waals surface area contributed by atoms with Crippen LogP contribution in [0.2, 0.25) is 0 Å². The van der Waals surface area contributed by atoms with Gasteiger partial charge in [0.15, 0.2) is 0 Å². The third-order valence-corrected chi connectivity index (χ3v) is 3.52. The molecule has 0 atom stereocenters. The minimum Gasteiger partial charge on any atom is -0.508 e. The molecule has 0 fully saturated rings. The number of imidazole rings is 1. The van der Waals surface area contributed by atoms with Crippen LogP contribution in [-0.4, -0.2) is 19.8 Å². The fourth-order valence-corrected chi connectivity index (χ4v) is 2.66. The summed E-state index contributed by atoms with van der Waals surface area (Å²) in [5.74, 6) is 0.809. The summed E-state index contributed by atoms with van der Waals surface area (Å²) in [6.45, 7) is 6.22. The summed E-state index contributed by atoms with van der Waals surface area (Å²) in [6.07, 6.45) is 0. The van der Waals surface area contributed by atoms with Gasteiger partial charge in [0.25, 0.3) is 0 Å². The predicted molar refractivity (Wildman–Crippen MR) is 83.6 cm³/mol. The summed E-state index contributed by atoms with van der Waals surface area (Å²) >= 11 is 0. The van der Waals surface area contributed by atoms with E-state index in [0.717, 1.165) is 22.4 Å². The van der Waals surface area contributed by atoms with E-state index in [-0.39, 0.29) is 17.5 Å². The van der Waals surface area contributed by atoms with E-state index in [0.29, 0.717) is 5.56 Å². The lowest BCUT2D eigenvalue weighted by molar-refractivity contribution is 0.451. The maximum Gasteiger partial charge on any atom is 0.141 e. The first-order valence-corrected chi connectivity index (χ1v) is 6.97. The molecule has 0 aliphatic heterocycles. The highest BCUT2D eigenvalue weighted by Crippen LogP contribution is 2.32. The van der Waals surface area contributed by atoms with Gasteiger partial charge in [-0.15, -0.1) is 0 Å². The van der Waals surface area contributed by atoms with Crippen LogP contribution in [0, 0.1) is 6.92 Å². The summed E-state index contributed by atoms with van der Waals surface area (Å²) in [5.41, 5.74) is 3.83. The number of fused-ring (bicyclic) bond motifs is 1. The molecule has 2 N–H and O–H groups in total. The SMILES string of the molecule is Cc1ccc2c(c1)nc(-c1cc(O)cc(O)c1)n2C(C)C. The van der Waals surface area contributed by atoms with Crippen molar-refractivity contribution in [3.63, 3.8) is 0 Å². The Morgan fingerprint density at radius 2 is 1.67 bits per heavy atom. The highest BCUT2D eigenvalue weighted by Gasteiger charge is 2.16. The van der Waals surface area contributed by atoms with Crippen LogP contribution < -0.4 is 0 Å². The fraction of sp³-hybridized carbons (Fsp3) is 0.235. The number of aryl methyl sites for hydroxylation is 1. The van der Waals surface area contributed by atoms with Crippen molar-refractivity contribution in [2.45, 2.75) is 26.8 Å². The van der Waals surface area contributed by atoms with Crippen LogP contribution in [0.1, 0.15) is 25.5 Å². The fourth-order valence-electron chi connectivity index (χ4n) is 2.66. The van der Waals surface area contributed by atoms with Crippen molar-refractivity contribution >= 4 is 11.0 Å². The van der Waals surface area contributed by atoms with Crippen molar-refractivity contribution in [2.75, 3.05) is 0 Å². The first-order chi connectivity index (χ1) is 9.95. The van der Waals surface area contributed by atoms with Crippen molar-refractivity contribution in [1.82, 2.24) is 9.55 Å². The average molecular weight is 282 g/mol. The first-order valence-electron chi connectivity index (χ1n) is 6.97. The second-order valence-electron chi connectivity index (χ2n) is 5.63. The Kier molecular flexibility index (Phi) is 3.09. The molecule has 4 heteroatoms. The maximum absolute atomic E-state index is 9.71. The number of hydrogen-bond acceptors (Lipinski definition) is 3. The maximum atomic E-state index is 9.71. The van der Waals surface area contributed by atoms with Gasteiger partial charge in [-0.25, -0.2) is 4.98 Å². The van der Waals surface area contributed by atoms with Gasteiger partial charge in [-0.2, -0.15) is 0 Å². The van der Waals surface area contributed by atoms with Gasteiger partial charge in [0.1, 0.15) is 17.3 Å². The molecule has 0 aliphatic carbocycles. The molecule has 21 heavy (non-hydrogen) atoms. The summed E-state index contributed by atoms with van der Waals surface area (Å²) in [7, 11) is 0. The summed E-state index contributed by atoms with van der Waals surface area (Å²) in [6, 6.07) is 10.9. The Labute approximate surface area is 123 Å². The van der Waals surface area contributed by atoms with E-state index in [1.54, 1.807) is 12.1 Å². The molecule has 1 aromatic heterocycles. The largest absolute Gasteiger partial charge is 0.508 e. The molecule has 0 spiro atoms. The van der Waals surface area contributed by atoms with Gasteiger partial charge < -0.3 is 14.8 Å². The molecule has 3 aromatic rings. The van der Waals surface area contributed by atoms with E-state index in [2.05, 4.69) is 35.5 Å². The molecule has 0 bridgehead atoms. The minimum absolute atomic E-state index is 0.0311. The lowest BCUT2D eigenvalue weighted by Crippen LogP contribution is -2.03. The van der Waals surface area contributed by atoms with E-state index in [9.17, 15) is 10.2 Å². The average Bonchev–Trinajstić information content (AvgIpc) is 2.75. The minimum atomic E-state index is 0.0311. The molecule has 0 saturated carbocycles. The Morgan fingerprint density at radius 1 is 1.00 bits per heavy atom. The molecule has 0 amide bonds. The Hall–Kier alpha value is -2.49. The van der Waals surface area contributed by atoms with Crippen LogP contribution in [-0.2, 0) is 0 Å². The number of phenolic OH excluding ortho intramolecular Hbond substituents is 2. The topological polar surface area (TPSA) is 58.3 Å². The van der Waals surface area contributed by atoms with Crippen molar-refractivity contribution in [2.24, 2.45) is 0 Å². The molecule has 0 unspecified atom stereocenters. The molecular formula is C17H18N2O2. The van der Waals surface area contributed by atoms with Crippen molar-refractivity contribution < 1.29 is 10.2 Å². The van der Waals surface area contributed by atoms with Crippen molar-refractivity contribution in [3.8, 4) is 22.9 Å². The van der Waals surface area contributed by atoms with Crippen molar-refractivity contribution in [1.29, 1.82) is 0 Å². The molecule has 3 rings (SSSR count). The second-order valence-corrected chi connectivity index (χ2v) is 5.63. The summed E-state index contributed by atoms with van der Waals surface area (Å²) in [4.78, 5) is 4.69. The monoisotopic (exact) mass is 282 g/mol. The number of benzene rings is 2. The zero-order valence-electron chi connectivity index (χ0n) is 12.3. The Morgan fingerprint density at radius 3 is 2.29 bits per heavy atom. The summed E-state index contributed by atoms with van der Waals surface area (Å²) in [5, 5.41) is 19.4. The lowest BCUT2D eigenvalue weighted by Gasteiger charge is -2.13. The molecule has 0 radical (unpaired) electrons. The van der Waals surface area contributed by atoms with Crippen LogP contribution in [0.15, 0.2) is 36.4 Å². The quantitative estimate of drug-likeness (QED) is 0.746. The van der Waals surface area contributed by atoms with Gasteiger partial charge in [0.05, 0.1) is 11.0 Å². The number of aromatic nitrogens is 2. The molecule has 2 aromatic carbocycles. The first kappa shape index (κ1) is 13.5. The Bertz CT molecular complexity index is 799. The van der Waals surface area contributed by atoms with E-state index in [1.165, 1.54) is 6.07 Å². The molecule has 0 aliphatic rings. The number of rotatable bonds is 2. The highest BCUT2D eigenvalue weighted by atomic mass is 16.3. The van der Waals surface area contributed by atoms with E-state index < -0.39 is 0 Å². The van der Waals surface area contributed by atoms with Gasteiger partial charge in [-0.3, -0.25) is 0 Å². The predicted octanol–water partition coefficient (Wildman–Crippen LogP) is 4.00. The van der Waals surface area contributed by atoms with E-state index in [1.807, 2.05) is 13.0 Å². The molecule has 108 valence electrons. The number of nitrogens with zero attached hydrogens (tertiary/aromatic N) is 2.